The van der Waals surface area contributed by atoms with Crippen molar-refractivity contribution in [1.82, 2.24) is 19.9 Å². The third kappa shape index (κ3) is 3.42. The molecule has 0 spiro atoms. The topological polar surface area (TPSA) is 62.5 Å². The number of carbonyl (C=O) groups excluding carboxylic acids is 1. The largest absolute Gasteiger partial charge is 0.339 e. The fourth-order valence-electron chi connectivity index (χ4n) is 3.85. The fourth-order valence-corrected chi connectivity index (χ4v) is 3.85. The molecule has 126 valence electrons. The summed E-state index contributed by atoms with van der Waals surface area (Å²) in [6.07, 6.45) is 7.13. The van der Waals surface area contributed by atoms with Crippen LogP contribution in [0.5, 0.6) is 0 Å². The molecule has 23 heavy (non-hydrogen) atoms. The van der Waals surface area contributed by atoms with Crippen molar-refractivity contribution in [3.05, 3.63) is 11.7 Å². The highest BCUT2D eigenvalue weighted by Crippen LogP contribution is 2.35. The van der Waals surface area contributed by atoms with Gasteiger partial charge in [-0.2, -0.15) is 4.98 Å². The van der Waals surface area contributed by atoms with E-state index in [0.717, 1.165) is 57.0 Å². The Kier molecular flexibility index (Phi) is 4.09. The fraction of sp³-hybridized carbons (Fsp3) is 0.824. The molecule has 1 aliphatic carbocycles. The lowest BCUT2D eigenvalue weighted by atomic mass is 9.93. The predicted molar refractivity (Wildman–Crippen MR) is 84.9 cm³/mol. The molecule has 0 aromatic carbocycles. The lowest BCUT2D eigenvalue weighted by molar-refractivity contribution is -0.134. The average molecular weight is 318 g/mol. The van der Waals surface area contributed by atoms with Crippen molar-refractivity contribution in [3.63, 3.8) is 0 Å². The Bertz CT molecular complexity index is 561. The number of likely N-dealkylation sites (tertiary alicyclic amines) is 2. The molecular weight excluding hydrogens is 292 g/mol. The number of carbonyl (C=O) groups is 1. The molecule has 0 bridgehead atoms. The van der Waals surface area contributed by atoms with Gasteiger partial charge in [0, 0.05) is 25.4 Å². The van der Waals surface area contributed by atoms with Gasteiger partial charge in [0.05, 0.1) is 5.92 Å². The van der Waals surface area contributed by atoms with Gasteiger partial charge < -0.3 is 14.3 Å². The molecule has 1 amide bonds. The van der Waals surface area contributed by atoms with Gasteiger partial charge in [0.2, 0.25) is 11.8 Å². The van der Waals surface area contributed by atoms with Crippen LogP contribution in [0.15, 0.2) is 4.52 Å². The zero-order chi connectivity index (χ0) is 15.8. The summed E-state index contributed by atoms with van der Waals surface area (Å²) in [7, 11) is 2.18. The van der Waals surface area contributed by atoms with Gasteiger partial charge in [-0.25, -0.2) is 0 Å². The molecule has 2 aliphatic heterocycles. The first kappa shape index (κ1) is 15.1. The SMILES string of the molecule is CN1CCC(Cc2noc(C3CCC(=O)N(C4CC4)C3)n2)CC1. The van der Waals surface area contributed by atoms with Crippen LogP contribution in [0.1, 0.15) is 56.2 Å². The second-order valence-corrected chi connectivity index (χ2v) is 7.51. The molecule has 3 fully saturated rings. The summed E-state index contributed by atoms with van der Waals surface area (Å²) in [5.74, 6) is 2.80. The molecule has 3 heterocycles. The number of nitrogens with zero attached hydrogens (tertiary/aromatic N) is 4. The summed E-state index contributed by atoms with van der Waals surface area (Å²) in [4.78, 5) is 21.1. The van der Waals surface area contributed by atoms with E-state index < -0.39 is 0 Å². The Labute approximate surface area is 137 Å². The third-order valence-corrected chi connectivity index (χ3v) is 5.57. The van der Waals surface area contributed by atoms with Gasteiger partial charge >= 0.3 is 0 Å². The Balaban J connectivity index is 1.36. The Morgan fingerprint density at radius 2 is 1.96 bits per heavy atom. The highest BCUT2D eigenvalue weighted by atomic mass is 16.5. The van der Waals surface area contributed by atoms with E-state index in [-0.39, 0.29) is 5.92 Å². The van der Waals surface area contributed by atoms with Crippen LogP contribution in [-0.2, 0) is 11.2 Å². The van der Waals surface area contributed by atoms with Crippen molar-refractivity contribution in [1.29, 1.82) is 0 Å². The minimum atomic E-state index is 0.229. The Hall–Kier alpha value is -1.43. The quantitative estimate of drug-likeness (QED) is 0.847. The summed E-state index contributed by atoms with van der Waals surface area (Å²) in [6, 6.07) is 0.479. The standard InChI is InChI=1S/C17H26N4O2/c1-20-8-6-12(7-9-20)10-15-18-17(23-19-15)13-2-5-16(22)21(11-13)14-3-4-14/h12-14H,2-11H2,1H3. The highest BCUT2D eigenvalue weighted by molar-refractivity contribution is 5.77. The molecule has 0 radical (unpaired) electrons. The maximum absolute atomic E-state index is 12.0. The summed E-state index contributed by atoms with van der Waals surface area (Å²) in [6.45, 7) is 3.09. The average Bonchev–Trinajstić information content (AvgIpc) is 3.29. The van der Waals surface area contributed by atoms with E-state index in [1.807, 2.05) is 4.90 Å². The molecule has 6 heteroatoms. The number of hydrogen-bond donors (Lipinski definition) is 0. The van der Waals surface area contributed by atoms with Gasteiger partial charge in [0.1, 0.15) is 0 Å². The van der Waals surface area contributed by atoms with Crippen molar-refractivity contribution in [2.45, 2.75) is 56.9 Å². The second-order valence-electron chi connectivity index (χ2n) is 7.51. The number of hydrogen-bond acceptors (Lipinski definition) is 5. The first-order chi connectivity index (χ1) is 11.2. The molecule has 1 aromatic rings. The first-order valence-corrected chi connectivity index (χ1v) is 8.99. The molecule has 1 aromatic heterocycles. The lowest BCUT2D eigenvalue weighted by Crippen LogP contribution is -2.40. The van der Waals surface area contributed by atoms with Crippen molar-refractivity contribution in [2.24, 2.45) is 5.92 Å². The van der Waals surface area contributed by atoms with Crippen LogP contribution in [0.2, 0.25) is 0 Å². The zero-order valence-electron chi connectivity index (χ0n) is 13.9. The number of rotatable bonds is 4. The molecule has 2 saturated heterocycles. The van der Waals surface area contributed by atoms with Crippen LogP contribution >= 0.6 is 0 Å². The summed E-state index contributed by atoms with van der Waals surface area (Å²) in [5, 5.41) is 4.21. The molecular formula is C17H26N4O2. The van der Waals surface area contributed by atoms with E-state index in [4.69, 9.17) is 4.52 Å². The van der Waals surface area contributed by atoms with Crippen LogP contribution < -0.4 is 0 Å². The first-order valence-electron chi connectivity index (χ1n) is 8.99. The highest BCUT2D eigenvalue weighted by Gasteiger charge is 2.38. The van der Waals surface area contributed by atoms with Crippen LogP contribution in [0.3, 0.4) is 0 Å². The van der Waals surface area contributed by atoms with Crippen molar-refractivity contribution < 1.29 is 9.32 Å². The minimum absolute atomic E-state index is 0.229. The molecule has 0 N–H and O–H groups in total. The number of piperidine rings is 2. The third-order valence-electron chi connectivity index (χ3n) is 5.57. The maximum atomic E-state index is 12.0. The number of aromatic nitrogens is 2. The van der Waals surface area contributed by atoms with Gasteiger partial charge in [0.25, 0.3) is 0 Å². The van der Waals surface area contributed by atoms with Crippen molar-refractivity contribution >= 4 is 5.91 Å². The molecule has 6 nitrogen and oxygen atoms in total. The van der Waals surface area contributed by atoms with Gasteiger partial charge in [-0.05, 0) is 58.2 Å². The van der Waals surface area contributed by atoms with Gasteiger partial charge in [-0.1, -0.05) is 5.16 Å². The smallest absolute Gasteiger partial charge is 0.231 e. The van der Waals surface area contributed by atoms with E-state index in [1.54, 1.807) is 0 Å². The molecule has 4 rings (SSSR count). The molecule has 3 aliphatic rings. The van der Waals surface area contributed by atoms with E-state index in [9.17, 15) is 4.79 Å². The zero-order valence-corrected chi connectivity index (χ0v) is 13.9. The summed E-state index contributed by atoms with van der Waals surface area (Å²) in [5.41, 5.74) is 0. The lowest BCUT2D eigenvalue weighted by Gasteiger charge is -2.30. The van der Waals surface area contributed by atoms with Crippen LogP contribution in [0.25, 0.3) is 0 Å². The van der Waals surface area contributed by atoms with Crippen molar-refractivity contribution in [3.8, 4) is 0 Å². The van der Waals surface area contributed by atoms with Gasteiger partial charge in [0.15, 0.2) is 5.82 Å². The molecule has 1 saturated carbocycles. The van der Waals surface area contributed by atoms with Crippen molar-refractivity contribution in [2.75, 3.05) is 26.7 Å². The van der Waals surface area contributed by atoms with E-state index in [0.29, 0.717) is 24.3 Å². The minimum Gasteiger partial charge on any atom is -0.339 e. The van der Waals surface area contributed by atoms with E-state index in [2.05, 4.69) is 22.1 Å². The number of amides is 1. The van der Waals surface area contributed by atoms with E-state index >= 15 is 0 Å². The van der Waals surface area contributed by atoms with Crippen LogP contribution in [0, 0.1) is 5.92 Å². The van der Waals surface area contributed by atoms with Gasteiger partial charge in [-0.15, -0.1) is 0 Å². The normalized spacial score (nSPS) is 27.6. The predicted octanol–water partition coefficient (Wildman–Crippen LogP) is 1.82. The second kappa shape index (κ2) is 6.23. The van der Waals surface area contributed by atoms with Gasteiger partial charge in [-0.3, -0.25) is 4.79 Å². The van der Waals surface area contributed by atoms with E-state index in [1.165, 1.54) is 12.8 Å². The monoisotopic (exact) mass is 318 g/mol. The Morgan fingerprint density at radius 1 is 1.17 bits per heavy atom. The summed E-state index contributed by atoms with van der Waals surface area (Å²) >= 11 is 0. The maximum Gasteiger partial charge on any atom is 0.231 e. The molecule has 1 unspecified atom stereocenters. The summed E-state index contributed by atoms with van der Waals surface area (Å²) < 4.78 is 5.54. The Morgan fingerprint density at radius 3 is 2.70 bits per heavy atom. The van der Waals surface area contributed by atoms with Crippen LogP contribution in [-0.4, -0.2) is 58.6 Å². The van der Waals surface area contributed by atoms with Crippen LogP contribution in [0.4, 0.5) is 0 Å². The molecule has 1 atom stereocenters.